The fraction of sp³-hybridized carbons (Fsp3) is 0.267. The third kappa shape index (κ3) is 9.01. The monoisotopic (exact) mass is 658 g/mol. The largest absolute Gasteiger partial charge is 0.493 e. The van der Waals surface area contributed by atoms with Crippen LogP contribution in [0.15, 0.2) is 59.1 Å². The van der Waals surface area contributed by atoms with Crippen molar-refractivity contribution in [3.8, 4) is 11.5 Å². The predicted octanol–water partition coefficient (Wildman–Crippen LogP) is 4.89. The number of nitrogens with zero attached hydrogens (tertiary/aromatic N) is 4. The summed E-state index contributed by atoms with van der Waals surface area (Å²) in [6.07, 6.45) is 2.57. The van der Waals surface area contributed by atoms with Crippen LogP contribution < -0.4 is 20.9 Å². The van der Waals surface area contributed by atoms with E-state index >= 15 is 0 Å². The zero-order valence-electron chi connectivity index (χ0n) is 25.0. The highest BCUT2D eigenvalue weighted by Gasteiger charge is 2.21. The molecular formula is C30H32F2N6O5S2. The molecule has 2 aromatic heterocycles. The maximum Gasteiger partial charge on any atom is 0.220 e. The molecule has 238 valence electrons. The van der Waals surface area contributed by atoms with Gasteiger partial charge in [-0.05, 0) is 56.0 Å². The van der Waals surface area contributed by atoms with Gasteiger partial charge in [0.1, 0.15) is 34.8 Å². The molecule has 0 fully saturated rings. The molecule has 4 rings (SSSR count). The van der Waals surface area contributed by atoms with Crippen LogP contribution >= 0.6 is 11.8 Å². The first-order chi connectivity index (χ1) is 21.5. The van der Waals surface area contributed by atoms with Gasteiger partial charge in [-0.25, -0.2) is 28.7 Å². The lowest BCUT2D eigenvalue weighted by atomic mass is 10.0. The number of ketones is 2. The van der Waals surface area contributed by atoms with Crippen LogP contribution in [0, 0.1) is 11.6 Å². The standard InChI is InChI=1S/C15H16FN3O3S.C15H16FN3O2S/c1-3-22-12-6-5-9(16)7-10(12)13(20)11-8-18-15(19-14(11)17)23(21)4-2;1-3-21-12-6-5-9(16)7-10(12)13(20)11-8-18-15(22-4-2)19-14(11)17/h5-8H,3-4H2,1-2H3,(H2,17,18,19);5-8H,3-4H2,1-2H3,(H2,17,18,19). The van der Waals surface area contributed by atoms with Gasteiger partial charge >= 0.3 is 0 Å². The van der Waals surface area contributed by atoms with E-state index in [4.69, 9.17) is 20.9 Å². The Balaban J connectivity index is 0.000000246. The minimum absolute atomic E-state index is 0.00778. The van der Waals surface area contributed by atoms with Crippen molar-refractivity contribution in [2.45, 2.75) is 38.0 Å². The number of aromatic nitrogens is 4. The summed E-state index contributed by atoms with van der Waals surface area (Å²) in [6.45, 7) is 7.91. The number of anilines is 2. The molecule has 0 aliphatic heterocycles. The summed E-state index contributed by atoms with van der Waals surface area (Å²) in [6, 6.07) is 7.44. The van der Waals surface area contributed by atoms with Gasteiger partial charge in [0.2, 0.25) is 16.7 Å². The number of nitrogens with two attached hydrogens (primary N) is 2. The first-order valence-electron chi connectivity index (χ1n) is 13.7. The Morgan fingerprint density at radius 2 is 1.27 bits per heavy atom. The fourth-order valence-electron chi connectivity index (χ4n) is 3.76. The molecule has 45 heavy (non-hydrogen) atoms. The molecule has 0 amide bonds. The number of ether oxygens (including phenoxy) is 2. The van der Waals surface area contributed by atoms with E-state index in [0.717, 1.165) is 17.9 Å². The third-order valence-electron chi connectivity index (χ3n) is 5.79. The molecule has 2 heterocycles. The maximum atomic E-state index is 13.5. The van der Waals surface area contributed by atoms with Gasteiger partial charge < -0.3 is 20.9 Å². The molecule has 2 aromatic carbocycles. The van der Waals surface area contributed by atoms with Crippen LogP contribution in [-0.4, -0.2) is 60.4 Å². The highest BCUT2D eigenvalue weighted by atomic mass is 32.2. The van der Waals surface area contributed by atoms with Gasteiger partial charge in [-0.15, -0.1) is 0 Å². The zero-order valence-corrected chi connectivity index (χ0v) is 26.6. The highest BCUT2D eigenvalue weighted by molar-refractivity contribution is 7.99. The van der Waals surface area contributed by atoms with Crippen LogP contribution in [0.3, 0.4) is 0 Å². The quantitative estimate of drug-likeness (QED) is 0.120. The molecule has 4 aromatic rings. The van der Waals surface area contributed by atoms with E-state index in [0.29, 0.717) is 29.9 Å². The highest BCUT2D eigenvalue weighted by Crippen LogP contribution is 2.26. The second-order valence-electron chi connectivity index (χ2n) is 8.78. The van der Waals surface area contributed by atoms with E-state index in [1.54, 1.807) is 20.8 Å². The Hall–Kier alpha value is -4.50. The SMILES string of the molecule is CCOc1ccc(F)cc1C(=O)c1cnc(S(=O)CC)nc1N.CCOc1ccc(F)cc1C(=O)c1cnc(SCC)nc1N. The molecule has 0 saturated carbocycles. The van der Waals surface area contributed by atoms with Gasteiger partial charge in [0.05, 0.1) is 46.3 Å². The van der Waals surface area contributed by atoms with Crippen molar-refractivity contribution >= 4 is 45.8 Å². The molecule has 0 aliphatic rings. The van der Waals surface area contributed by atoms with Crippen LogP contribution in [0.1, 0.15) is 59.5 Å². The fourth-order valence-corrected chi connectivity index (χ4v) is 4.93. The molecule has 15 heteroatoms. The molecular weight excluding hydrogens is 626 g/mol. The van der Waals surface area contributed by atoms with E-state index in [9.17, 15) is 22.6 Å². The van der Waals surface area contributed by atoms with Crippen molar-refractivity contribution in [3.05, 3.63) is 82.7 Å². The van der Waals surface area contributed by atoms with Crippen molar-refractivity contribution < 1.29 is 32.1 Å². The molecule has 11 nitrogen and oxygen atoms in total. The third-order valence-corrected chi connectivity index (χ3v) is 7.66. The van der Waals surface area contributed by atoms with Crippen molar-refractivity contribution in [2.75, 3.05) is 36.2 Å². The molecule has 0 aliphatic carbocycles. The number of thioether (sulfide) groups is 1. The number of carbonyl (C=O) groups is 2. The molecule has 1 unspecified atom stereocenters. The van der Waals surface area contributed by atoms with Gasteiger partial charge in [0.25, 0.3) is 0 Å². The number of halogens is 2. The molecule has 0 spiro atoms. The lowest BCUT2D eigenvalue weighted by molar-refractivity contribution is 0.102. The van der Waals surface area contributed by atoms with Crippen molar-refractivity contribution in [2.24, 2.45) is 0 Å². The summed E-state index contributed by atoms with van der Waals surface area (Å²) in [5.74, 6) is -0.454. The Morgan fingerprint density at radius 3 is 1.69 bits per heavy atom. The predicted molar refractivity (Wildman–Crippen MR) is 168 cm³/mol. The lowest BCUT2D eigenvalue weighted by Gasteiger charge is -2.10. The van der Waals surface area contributed by atoms with E-state index in [2.05, 4.69) is 19.9 Å². The molecule has 0 saturated heterocycles. The second kappa shape index (κ2) is 16.5. The number of rotatable bonds is 12. The zero-order chi connectivity index (χ0) is 33.1. The van der Waals surface area contributed by atoms with Gasteiger partial charge in [-0.1, -0.05) is 25.6 Å². The maximum absolute atomic E-state index is 13.5. The Bertz CT molecular complexity index is 1710. The van der Waals surface area contributed by atoms with E-state index in [1.807, 2.05) is 6.92 Å². The smallest absolute Gasteiger partial charge is 0.220 e. The van der Waals surface area contributed by atoms with Crippen molar-refractivity contribution in [3.63, 3.8) is 0 Å². The number of nitrogen functional groups attached to an aromatic ring is 2. The molecule has 4 N–H and O–H groups in total. The number of carbonyl (C=O) groups excluding carboxylic acids is 2. The normalized spacial score (nSPS) is 11.2. The summed E-state index contributed by atoms with van der Waals surface area (Å²) in [5, 5.41) is 0.562. The Morgan fingerprint density at radius 1 is 0.778 bits per heavy atom. The van der Waals surface area contributed by atoms with E-state index < -0.39 is 34.0 Å². The van der Waals surface area contributed by atoms with Gasteiger partial charge in [0, 0.05) is 18.1 Å². The first kappa shape index (κ1) is 35.0. The minimum Gasteiger partial charge on any atom is -0.493 e. The molecule has 1 atom stereocenters. The topological polar surface area (TPSA) is 173 Å². The first-order valence-corrected chi connectivity index (χ1v) is 16.0. The van der Waals surface area contributed by atoms with E-state index in [-0.39, 0.29) is 44.8 Å². The van der Waals surface area contributed by atoms with Crippen LogP contribution in [-0.2, 0) is 10.8 Å². The minimum atomic E-state index is -1.38. The second-order valence-corrected chi connectivity index (χ2v) is 11.6. The van der Waals surface area contributed by atoms with Crippen LogP contribution in [0.4, 0.5) is 20.4 Å². The van der Waals surface area contributed by atoms with Crippen LogP contribution in [0.2, 0.25) is 0 Å². The van der Waals surface area contributed by atoms with E-state index in [1.165, 1.54) is 48.4 Å². The van der Waals surface area contributed by atoms with Gasteiger partial charge in [0.15, 0.2) is 5.16 Å². The van der Waals surface area contributed by atoms with Crippen molar-refractivity contribution in [1.82, 2.24) is 19.9 Å². The summed E-state index contributed by atoms with van der Waals surface area (Å²) >= 11 is 1.42. The summed E-state index contributed by atoms with van der Waals surface area (Å²) < 4.78 is 49.3. The molecule has 0 bridgehead atoms. The number of benzene rings is 2. The number of hydrogen-bond acceptors (Lipinski definition) is 12. The van der Waals surface area contributed by atoms with Crippen molar-refractivity contribution in [1.29, 1.82) is 0 Å². The average Bonchev–Trinajstić information content (AvgIpc) is 3.02. The van der Waals surface area contributed by atoms with Gasteiger partial charge in [-0.2, -0.15) is 0 Å². The van der Waals surface area contributed by atoms with Gasteiger partial charge in [-0.3, -0.25) is 13.8 Å². The summed E-state index contributed by atoms with van der Waals surface area (Å²) in [5.41, 5.74) is 11.9. The van der Waals surface area contributed by atoms with Crippen LogP contribution in [0.25, 0.3) is 0 Å². The Labute approximate surface area is 265 Å². The van der Waals surface area contributed by atoms with Crippen LogP contribution in [0.5, 0.6) is 11.5 Å². The summed E-state index contributed by atoms with van der Waals surface area (Å²) in [4.78, 5) is 41.1. The number of hydrogen-bond donors (Lipinski definition) is 2. The molecule has 0 radical (unpaired) electrons. The summed E-state index contributed by atoms with van der Waals surface area (Å²) in [7, 11) is -1.38. The average molecular weight is 659 g/mol. The lowest BCUT2D eigenvalue weighted by Crippen LogP contribution is -2.12. The Kier molecular flexibility index (Phi) is 12.9.